The van der Waals surface area contributed by atoms with Crippen LogP contribution in [0.3, 0.4) is 0 Å². The first kappa shape index (κ1) is 23.2. The molecule has 4 heteroatoms. The van der Waals surface area contributed by atoms with Gasteiger partial charge in [0.05, 0.1) is 18.3 Å². The van der Waals surface area contributed by atoms with Gasteiger partial charge < -0.3 is 9.47 Å². The molecule has 0 radical (unpaired) electrons. The van der Waals surface area contributed by atoms with Crippen LogP contribution in [0.15, 0.2) is 18.2 Å². The third-order valence-electron chi connectivity index (χ3n) is 6.94. The first-order chi connectivity index (χ1) is 14.6. The molecule has 30 heavy (non-hydrogen) atoms. The van der Waals surface area contributed by atoms with Gasteiger partial charge in [-0.05, 0) is 74.5 Å². The van der Waals surface area contributed by atoms with Gasteiger partial charge in [-0.15, -0.1) is 0 Å². The molecule has 0 N–H and O–H groups in total. The molecule has 1 saturated heterocycles. The molecular weight excluding hydrogens is 379 g/mol. The summed E-state index contributed by atoms with van der Waals surface area (Å²) in [4.78, 5) is 12.5. The van der Waals surface area contributed by atoms with Crippen LogP contribution in [0.25, 0.3) is 0 Å². The van der Waals surface area contributed by atoms with E-state index in [9.17, 15) is 9.18 Å². The summed E-state index contributed by atoms with van der Waals surface area (Å²) in [5.74, 6) is 0.353. The average molecular weight is 419 g/mol. The topological polar surface area (TPSA) is 35.5 Å². The zero-order valence-electron chi connectivity index (χ0n) is 18.8. The number of carbonyl (C=O) groups excluding carboxylic acids is 1. The SMILES string of the molecule is CCCCC[C@H]1CC[C@H](c2ccc(C(=O)OC3CCC(CCC)CC3)c(F)c2)OC1. The highest BCUT2D eigenvalue weighted by Gasteiger charge is 2.27. The van der Waals surface area contributed by atoms with Crippen molar-refractivity contribution in [2.24, 2.45) is 11.8 Å². The van der Waals surface area contributed by atoms with Gasteiger partial charge in [-0.1, -0.05) is 52.0 Å². The molecule has 1 aliphatic carbocycles. The number of carbonyl (C=O) groups is 1. The lowest BCUT2D eigenvalue weighted by Gasteiger charge is -2.29. The zero-order chi connectivity index (χ0) is 21.3. The number of hydrogen-bond acceptors (Lipinski definition) is 3. The first-order valence-corrected chi connectivity index (χ1v) is 12.2. The summed E-state index contributed by atoms with van der Waals surface area (Å²) >= 11 is 0. The Morgan fingerprint density at radius 1 is 1.00 bits per heavy atom. The Labute approximate surface area is 181 Å². The van der Waals surface area contributed by atoms with E-state index in [1.54, 1.807) is 6.07 Å². The summed E-state index contributed by atoms with van der Waals surface area (Å²) in [5, 5.41) is 0. The number of ether oxygens (including phenoxy) is 2. The van der Waals surface area contributed by atoms with Crippen LogP contribution in [0.2, 0.25) is 0 Å². The number of hydrogen-bond donors (Lipinski definition) is 0. The van der Waals surface area contributed by atoms with Crippen molar-refractivity contribution in [2.45, 2.75) is 103 Å². The maximum absolute atomic E-state index is 14.7. The van der Waals surface area contributed by atoms with Gasteiger partial charge in [0.25, 0.3) is 0 Å². The van der Waals surface area contributed by atoms with Gasteiger partial charge in [0.1, 0.15) is 11.9 Å². The van der Waals surface area contributed by atoms with Gasteiger partial charge >= 0.3 is 5.97 Å². The van der Waals surface area contributed by atoms with E-state index in [2.05, 4.69) is 13.8 Å². The first-order valence-electron chi connectivity index (χ1n) is 12.2. The number of esters is 1. The largest absolute Gasteiger partial charge is 0.459 e. The van der Waals surface area contributed by atoms with Crippen LogP contribution in [0.4, 0.5) is 4.39 Å². The average Bonchev–Trinajstić information content (AvgIpc) is 2.76. The van der Waals surface area contributed by atoms with E-state index in [1.807, 2.05) is 6.07 Å². The molecule has 1 aromatic carbocycles. The lowest BCUT2D eigenvalue weighted by molar-refractivity contribution is -0.0200. The summed E-state index contributed by atoms with van der Waals surface area (Å²) in [6, 6.07) is 4.88. The lowest BCUT2D eigenvalue weighted by Crippen LogP contribution is -2.25. The van der Waals surface area contributed by atoms with Crippen LogP contribution in [0, 0.1) is 17.7 Å². The molecule has 3 rings (SSSR count). The van der Waals surface area contributed by atoms with Gasteiger partial charge in [-0.2, -0.15) is 0 Å². The molecule has 1 heterocycles. The minimum atomic E-state index is -0.529. The van der Waals surface area contributed by atoms with E-state index in [0.717, 1.165) is 56.6 Å². The predicted octanol–water partition coefficient (Wildman–Crippen LogP) is 7.39. The van der Waals surface area contributed by atoms with Gasteiger partial charge in [0.15, 0.2) is 0 Å². The molecule has 0 unspecified atom stereocenters. The Kier molecular flexibility index (Phi) is 9.17. The van der Waals surface area contributed by atoms with Crippen molar-refractivity contribution in [2.75, 3.05) is 6.61 Å². The second-order valence-electron chi connectivity index (χ2n) is 9.34. The van der Waals surface area contributed by atoms with Crippen molar-refractivity contribution >= 4 is 5.97 Å². The highest BCUT2D eigenvalue weighted by molar-refractivity contribution is 5.89. The van der Waals surface area contributed by atoms with Gasteiger partial charge in [0, 0.05) is 0 Å². The van der Waals surface area contributed by atoms with Crippen LogP contribution in [-0.2, 0) is 9.47 Å². The molecule has 2 fully saturated rings. The van der Waals surface area contributed by atoms with E-state index in [0.29, 0.717) is 5.92 Å². The van der Waals surface area contributed by atoms with E-state index in [4.69, 9.17) is 9.47 Å². The maximum Gasteiger partial charge on any atom is 0.341 e. The predicted molar refractivity (Wildman–Crippen MR) is 118 cm³/mol. The summed E-state index contributed by atoms with van der Waals surface area (Å²) in [6.45, 7) is 5.18. The third-order valence-corrected chi connectivity index (χ3v) is 6.94. The fourth-order valence-electron chi connectivity index (χ4n) is 5.04. The Morgan fingerprint density at radius 3 is 2.40 bits per heavy atom. The van der Waals surface area contributed by atoms with Crippen molar-refractivity contribution in [3.05, 3.63) is 35.1 Å². The van der Waals surface area contributed by atoms with Crippen LogP contribution >= 0.6 is 0 Å². The van der Waals surface area contributed by atoms with Crippen molar-refractivity contribution in [3.8, 4) is 0 Å². The molecule has 3 nitrogen and oxygen atoms in total. The fraction of sp³-hybridized carbons (Fsp3) is 0.731. The molecule has 0 amide bonds. The number of rotatable bonds is 9. The summed E-state index contributed by atoms with van der Waals surface area (Å²) in [6.07, 6.45) is 13.4. The van der Waals surface area contributed by atoms with Crippen molar-refractivity contribution in [1.29, 1.82) is 0 Å². The third kappa shape index (κ3) is 6.54. The Balaban J connectivity index is 1.49. The highest BCUT2D eigenvalue weighted by atomic mass is 19.1. The fourth-order valence-corrected chi connectivity index (χ4v) is 5.04. The minimum Gasteiger partial charge on any atom is -0.459 e. The number of benzene rings is 1. The van der Waals surface area contributed by atoms with Crippen molar-refractivity contribution in [1.82, 2.24) is 0 Å². The lowest BCUT2D eigenvalue weighted by atomic mass is 9.85. The molecular formula is C26H39FO3. The van der Waals surface area contributed by atoms with Crippen molar-refractivity contribution < 1.29 is 18.7 Å². The van der Waals surface area contributed by atoms with Gasteiger partial charge in [-0.25, -0.2) is 9.18 Å². The maximum atomic E-state index is 14.7. The van der Waals surface area contributed by atoms with Gasteiger partial charge in [0.2, 0.25) is 0 Å². The van der Waals surface area contributed by atoms with Crippen LogP contribution in [-0.4, -0.2) is 18.7 Å². The molecule has 1 saturated carbocycles. The Morgan fingerprint density at radius 2 is 1.77 bits per heavy atom. The quantitative estimate of drug-likeness (QED) is 0.310. The second-order valence-corrected chi connectivity index (χ2v) is 9.34. The summed E-state index contributed by atoms with van der Waals surface area (Å²) in [5.41, 5.74) is 0.874. The number of unbranched alkanes of at least 4 members (excludes halogenated alkanes) is 2. The van der Waals surface area contributed by atoms with E-state index in [-0.39, 0.29) is 17.8 Å². The Bertz CT molecular complexity index is 658. The summed E-state index contributed by atoms with van der Waals surface area (Å²) in [7, 11) is 0. The molecule has 168 valence electrons. The van der Waals surface area contributed by atoms with E-state index < -0.39 is 11.8 Å². The van der Waals surface area contributed by atoms with Gasteiger partial charge in [-0.3, -0.25) is 0 Å². The Hall–Kier alpha value is -1.42. The molecule has 1 aromatic rings. The standard InChI is InChI=1S/C26H39FO3/c1-3-5-6-8-20-11-16-25(29-18-20)21-12-15-23(24(27)17-21)26(28)30-22-13-9-19(7-4-2)10-14-22/h12,15,17,19-20,22,25H,3-11,13-14,16,18H2,1-2H3/t19?,20-,22?,25+/m0/s1. The molecule has 0 aromatic heterocycles. The van der Waals surface area contributed by atoms with Crippen LogP contribution < -0.4 is 0 Å². The molecule has 1 aliphatic heterocycles. The number of halogens is 1. The van der Waals surface area contributed by atoms with Crippen LogP contribution in [0.1, 0.15) is 113 Å². The second kappa shape index (κ2) is 11.8. The van der Waals surface area contributed by atoms with Crippen LogP contribution in [0.5, 0.6) is 0 Å². The van der Waals surface area contributed by atoms with Crippen molar-refractivity contribution in [3.63, 3.8) is 0 Å². The highest BCUT2D eigenvalue weighted by Crippen LogP contribution is 2.34. The molecule has 0 spiro atoms. The monoisotopic (exact) mass is 418 g/mol. The normalized spacial score (nSPS) is 27.0. The minimum absolute atomic E-state index is 0.0442. The smallest absolute Gasteiger partial charge is 0.341 e. The van der Waals surface area contributed by atoms with E-state index in [1.165, 1.54) is 44.6 Å². The van der Waals surface area contributed by atoms with E-state index >= 15 is 0 Å². The zero-order valence-corrected chi connectivity index (χ0v) is 18.8. The molecule has 2 aliphatic rings. The molecule has 2 atom stereocenters. The molecule has 0 bridgehead atoms. The summed E-state index contributed by atoms with van der Waals surface area (Å²) < 4.78 is 26.3.